The van der Waals surface area contributed by atoms with E-state index in [1.54, 1.807) is 32.0 Å². The van der Waals surface area contributed by atoms with Gasteiger partial charge in [0, 0.05) is 23.3 Å². The van der Waals surface area contributed by atoms with Crippen molar-refractivity contribution in [1.29, 1.82) is 0 Å². The van der Waals surface area contributed by atoms with Gasteiger partial charge in [0.15, 0.2) is 0 Å². The Kier molecular flexibility index (Phi) is 6.59. The van der Waals surface area contributed by atoms with Gasteiger partial charge in [0.25, 0.3) is 5.56 Å². The van der Waals surface area contributed by atoms with Gasteiger partial charge >= 0.3 is 11.7 Å². The second-order valence-electron chi connectivity index (χ2n) is 6.74. The lowest BCUT2D eigenvalue weighted by molar-refractivity contribution is -0.116. The minimum Gasteiger partial charge on any atom is -0.462 e. The fourth-order valence-electron chi connectivity index (χ4n) is 3.16. The molecule has 0 radical (unpaired) electrons. The minimum atomic E-state index is -0.776. The molecule has 0 saturated carbocycles. The summed E-state index contributed by atoms with van der Waals surface area (Å²) in [5.74, 6) is -1.24. The first kappa shape index (κ1) is 22.3. The summed E-state index contributed by atoms with van der Waals surface area (Å²) >= 11 is 1.52. The number of anilines is 1. The molecule has 0 fully saturated rings. The van der Waals surface area contributed by atoms with Gasteiger partial charge < -0.3 is 10.1 Å². The van der Waals surface area contributed by atoms with Crippen molar-refractivity contribution in [2.45, 2.75) is 25.3 Å². The number of amides is 1. The number of nitrogens with zero attached hydrogens (tertiary/aromatic N) is 3. The summed E-state index contributed by atoms with van der Waals surface area (Å²) in [4.78, 5) is 56.2. The minimum absolute atomic E-state index is 0.00628. The van der Waals surface area contributed by atoms with E-state index in [0.29, 0.717) is 11.4 Å². The van der Waals surface area contributed by atoms with Crippen LogP contribution in [0.4, 0.5) is 5.69 Å². The lowest BCUT2D eigenvalue weighted by Crippen LogP contribution is -2.42. The fraction of sp³-hybridized carbons (Fsp3) is 0.286. The van der Waals surface area contributed by atoms with Gasteiger partial charge in [0.05, 0.1) is 17.6 Å². The number of pyridine rings is 1. The number of carbonyl (C=O) groups is 2. The standard InChI is InChI=1S/C21H22N4O5S/c1-5-30-20(28)15-9-12(2)22-18-17(15)19(27)25(21(29)24(18)3)11-16(26)23-13-7-6-8-14(10-13)31-4/h6-10H,5,11H2,1-4H3,(H,23,26). The molecule has 10 heteroatoms. The maximum Gasteiger partial charge on any atom is 0.339 e. The maximum absolute atomic E-state index is 13.1. The van der Waals surface area contributed by atoms with Crippen molar-refractivity contribution in [2.75, 3.05) is 18.2 Å². The predicted molar refractivity (Wildman–Crippen MR) is 119 cm³/mol. The number of fused-ring (bicyclic) bond motifs is 1. The van der Waals surface area contributed by atoms with E-state index in [1.165, 1.54) is 24.9 Å². The van der Waals surface area contributed by atoms with E-state index in [2.05, 4.69) is 10.3 Å². The van der Waals surface area contributed by atoms with Gasteiger partial charge in [-0.3, -0.25) is 18.7 Å². The van der Waals surface area contributed by atoms with Crippen LogP contribution in [0.5, 0.6) is 0 Å². The van der Waals surface area contributed by atoms with Crippen molar-refractivity contribution in [3.63, 3.8) is 0 Å². The zero-order valence-corrected chi connectivity index (χ0v) is 18.4. The first-order chi connectivity index (χ1) is 14.8. The largest absolute Gasteiger partial charge is 0.462 e. The smallest absolute Gasteiger partial charge is 0.339 e. The number of hydrogen-bond donors (Lipinski definition) is 1. The first-order valence-electron chi connectivity index (χ1n) is 9.49. The van der Waals surface area contributed by atoms with Crippen molar-refractivity contribution in [2.24, 2.45) is 7.05 Å². The topological polar surface area (TPSA) is 112 Å². The van der Waals surface area contributed by atoms with Crippen molar-refractivity contribution >= 4 is 40.4 Å². The van der Waals surface area contributed by atoms with Gasteiger partial charge in [-0.2, -0.15) is 0 Å². The number of hydrogen-bond acceptors (Lipinski definition) is 7. The molecule has 9 nitrogen and oxygen atoms in total. The highest BCUT2D eigenvalue weighted by Gasteiger charge is 2.22. The second kappa shape index (κ2) is 9.17. The fourth-order valence-corrected chi connectivity index (χ4v) is 3.62. The number of nitrogens with one attached hydrogen (secondary N) is 1. The molecule has 3 aromatic rings. The summed E-state index contributed by atoms with van der Waals surface area (Å²) in [7, 11) is 1.43. The Bertz CT molecular complexity index is 1300. The molecule has 31 heavy (non-hydrogen) atoms. The molecule has 3 rings (SSSR count). The summed E-state index contributed by atoms with van der Waals surface area (Å²) < 4.78 is 6.99. The Hall–Kier alpha value is -3.40. The molecule has 0 bridgehead atoms. The number of benzene rings is 1. The highest BCUT2D eigenvalue weighted by Crippen LogP contribution is 2.19. The third kappa shape index (κ3) is 4.53. The van der Waals surface area contributed by atoms with Crippen molar-refractivity contribution in [3.8, 4) is 0 Å². The first-order valence-corrected chi connectivity index (χ1v) is 10.7. The quantitative estimate of drug-likeness (QED) is 0.459. The number of aryl methyl sites for hydroxylation is 2. The SMILES string of the molecule is CCOC(=O)c1cc(C)nc2c1c(=O)n(CC(=O)Nc1cccc(SC)c1)c(=O)n2C. The van der Waals surface area contributed by atoms with Crippen LogP contribution in [0.25, 0.3) is 11.0 Å². The molecule has 2 aromatic heterocycles. The molecular weight excluding hydrogens is 420 g/mol. The summed E-state index contributed by atoms with van der Waals surface area (Å²) in [6.45, 7) is 2.91. The van der Waals surface area contributed by atoms with Gasteiger partial charge in [0.2, 0.25) is 5.91 Å². The molecule has 0 unspecified atom stereocenters. The third-order valence-corrected chi connectivity index (χ3v) is 5.30. The summed E-state index contributed by atoms with van der Waals surface area (Å²) in [5.41, 5.74) is -0.421. The molecular formula is C21H22N4O5S. The Balaban J connectivity index is 2.08. The van der Waals surface area contributed by atoms with Crippen LogP contribution < -0.4 is 16.6 Å². The van der Waals surface area contributed by atoms with E-state index in [1.807, 2.05) is 12.3 Å². The van der Waals surface area contributed by atoms with Crippen LogP contribution in [0.3, 0.4) is 0 Å². The van der Waals surface area contributed by atoms with Gasteiger partial charge in [-0.15, -0.1) is 11.8 Å². The van der Waals surface area contributed by atoms with E-state index in [-0.39, 0.29) is 23.2 Å². The summed E-state index contributed by atoms with van der Waals surface area (Å²) in [5, 5.41) is 2.62. The number of aromatic nitrogens is 3. The van der Waals surface area contributed by atoms with E-state index in [0.717, 1.165) is 14.0 Å². The predicted octanol–water partition coefficient (Wildman–Crippen LogP) is 1.94. The molecule has 0 aliphatic rings. The monoisotopic (exact) mass is 442 g/mol. The van der Waals surface area contributed by atoms with E-state index in [9.17, 15) is 19.2 Å². The highest BCUT2D eigenvalue weighted by atomic mass is 32.2. The zero-order chi connectivity index (χ0) is 22.7. The van der Waals surface area contributed by atoms with E-state index >= 15 is 0 Å². The lowest BCUT2D eigenvalue weighted by Gasteiger charge is -2.13. The molecule has 1 N–H and O–H groups in total. The molecule has 162 valence electrons. The number of ether oxygens (including phenoxy) is 1. The Morgan fingerprint density at radius 3 is 2.65 bits per heavy atom. The van der Waals surface area contributed by atoms with Gasteiger partial charge in [-0.05, 0) is 44.4 Å². The summed E-state index contributed by atoms with van der Waals surface area (Å²) in [6.07, 6.45) is 1.91. The van der Waals surface area contributed by atoms with Crippen LogP contribution in [0.2, 0.25) is 0 Å². The van der Waals surface area contributed by atoms with Crippen LogP contribution in [0, 0.1) is 6.92 Å². The number of esters is 1. The summed E-state index contributed by atoms with van der Waals surface area (Å²) in [6, 6.07) is 8.63. The van der Waals surface area contributed by atoms with Crippen LogP contribution in [0.1, 0.15) is 23.0 Å². The number of thioether (sulfide) groups is 1. The molecule has 0 aliphatic carbocycles. The lowest BCUT2D eigenvalue weighted by atomic mass is 10.1. The normalized spacial score (nSPS) is 10.8. The molecule has 0 saturated heterocycles. The van der Waals surface area contributed by atoms with Crippen LogP contribution in [0.15, 0.2) is 44.8 Å². The van der Waals surface area contributed by atoms with Gasteiger partial charge in [-0.1, -0.05) is 6.07 Å². The van der Waals surface area contributed by atoms with Crippen LogP contribution in [-0.2, 0) is 23.1 Å². The molecule has 1 amide bonds. The van der Waals surface area contributed by atoms with Crippen molar-refractivity contribution < 1.29 is 14.3 Å². The molecule has 2 heterocycles. The van der Waals surface area contributed by atoms with E-state index in [4.69, 9.17) is 4.74 Å². The Morgan fingerprint density at radius 2 is 1.97 bits per heavy atom. The molecule has 1 aromatic carbocycles. The second-order valence-corrected chi connectivity index (χ2v) is 7.62. The average molecular weight is 442 g/mol. The Labute approximate surface area is 182 Å². The zero-order valence-electron chi connectivity index (χ0n) is 17.6. The Morgan fingerprint density at radius 1 is 1.23 bits per heavy atom. The number of rotatable bonds is 6. The van der Waals surface area contributed by atoms with Crippen molar-refractivity contribution in [1.82, 2.24) is 14.1 Å². The van der Waals surface area contributed by atoms with Gasteiger partial charge in [-0.25, -0.2) is 14.6 Å². The maximum atomic E-state index is 13.1. The van der Waals surface area contributed by atoms with E-state index < -0.39 is 29.7 Å². The highest BCUT2D eigenvalue weighted by molar-refractivity contribution is 7.98. The number of carbonyl (C=O) groups excluding carboxylic acids is 2. The molecule has 0 aliphatic heterocycles. The van der Waals surface area contributed by atoms with Gasteiger partial charge in [0.1, 0.15) is 12.2 Å². The van der Waals surface area contributed by atoms with Crippen LogP contribution >= 0.6 is 11.8 Å². The van der Waals surface area contributed by atoms with Crippen molar-refractivity contribution in [3.05, 3.63) is 62.4 Å². The molecule has 0 atom stereocenters. The third-order valence-electron chi connectivity index (χ3n) is 4.57. The average Bonchev–Trinajstić information content (AvgIpc) is 2.74. The molecule has 0 spiro atoms. The van der Waals surface area contributed by atoms with Crippen LogP contribution in [-0.4, -0.2) is 38.9 Å².